The molecule has 1 atom stereocenters. The maximum absolute atomic E-state index is 11.1. The molecule has 1 saturated carbocycles. The summed E-state index contributed by atoms with van der Waals surface area (Å²) in [4.78, 5) is 15.1. The van der Waals surface area contributed by atoms with Crippen LogP contribution in [0.5, 0.6) is 0 Å². The Morgan fingerprint density at radius 2 is 2.28 bits per heavy atom. The Labute approximate surface area is 108 Å². The highest BCUT2D eigenvalue weighted by atomic mass is 16.1. The minimum atomic E-state index is -0.485. The maximum atomic E-state index is 11.1. The predicted molar refractivity (Wildman–Crippen MR) is 72.4 cm³/mol. The normalized spacial score (nSPS) is 22.4. The van der Waals surface area contributed by atoms with E-state index in [1.165, 1.54) is 25.7 Å². The van der Waals surface area contributed by atoms with E-state index in [1.807, 2.05) is 6.07 Å². The molecule has 0 radical (unpaired) electrons. The van der Waals surface area contributed by atoms with Gasteiger partial charge >= 0.3 is 0 Å². The molecular formula is C14H21N3O. The Balaban J connectivity index is 2.13. The number of nitrogens with two attached hydrogens (primary N) is 1. The van der Waals surface area contributed by atoms with Crippen LogP contribution in [0.3, 0.4) is 0 Å². The second-order valence-electron chi connectivity index (χ2n) is 5.73. The lowest BCUT2D eigenvalue weighted by Crippen LogP contribution is -2.38. The average Bonchev–Trinajstić information content (AvgIpc) is 2.32. The minimum absolute atomic E-state index is 0.286. The number of nitrogens with zero attached hydrogens (tertiary/aromatic N) is 1. The number of nitrogens with one attached hydrogen (secondary N) is 1. The van der Waals surface area contributed by atoms with Gasteiger partial charge in [-0.25, -0.2) is 0 Å². The van der Waals surface area contributed by atoms with E-state index >= 15 is 0 Å². The van der Waals surface area contributed by atoms with Crippen LogP contribution < -0.4 is 11.1 Å². The van der Waals surface area contributed by atoms with Gasteiger partial charge in [0.1, 0.15) is 5.69 Å². The molecule has 0 spiro atoms. The highest BCUT2D eigenvalue weighted by molar-refractivity contribution is 5.91. The zero-order chi connectivity index (χ0) is 13.2. The summed E-state index contributed by atoms with van der Waals surface area (Å²) < 4.78 is 0. The van der Waals surface area contributed by atoms with Gasteiger partial charge in [-0.3, -0.25) is 9.78 Å². The van der Waals surface area contributed by atoms with Crippen LogP contribution in [0.15, 0.2) is 18.3 Å². The second-order valence-corrected chi connectivity index (χ2v) is 5.73. The molecule has 1 aliphatic rings. The summed E-state index contributed by atoms with van der Waals surface area (Å²) in [7, 11) is 0. The number of amides is 1. The molecule has 1 aromatic heterocycles. The molecule has 18 heavy (non-hydrogen) atoms. The molecule has 1 unspecified atom stereocenters. The lowest BCUT2D eigenvalue weighted by atomic mass is 9.73. The first-order valence-electron chi connectivity index (χ1n) is 6.51. The van der Waals surface area contributed by atoms with Crippen molar-refractivity contribution < 1.29 is 4.79 Å². The van der Waals surface area contributed by atoms with Crippen LogP contribution in [0.4, 0.5) is 5.69 Å². The number of hydrogen-bond donors (Lipinski definition) is 2. The van der Waals surface area contributed by atoms with Crippen molar-refractivity contribution in [3.8, 4) is 0 Å². The lowest BCUT2D eigenvalue weighted by molar-refractivity contribution is 0.0995. The van der Waals surface area contributed by atoms with Gasteiger partial charge < -0.3 is 11.1 Å². The number of carbonyl (C=O) groups excluding carboxylic acids is 1. The van der Waals surface area contributed by atoms with Gasteiger partial charge in [0.25, 0.3) is 5.91 Å². The fraction of sp³-hybridized carbons (Fsp3) is 0.571. The van der Waals surface area contributed by atoms with Gasteiger partial charge in [0.05, 0.1) is 0 Å². The molecule has 1 amide bonds. The Kier molecular flexibility index (Phi) is 3.55. The van der Waals surface area contributed by atoms with Crippen LogP contribution in [0.2, 0.25) is 0 Å². The first-order valence-corrected chi connectivity index (χ1v) is 6.51. The van der Waals surface area contributed by atoms with Gasteiger partial charge in [-0.15, -0.1) is 0 Å². The first kappa shape index (κ1) is 12.9. The quantitative estimate of drug-likeness (QED) is 0.862. The van der Waals surface area contributed by atoms with E-state index < -0.39 is 5.91 Å². The number of hydrogen-bond acceptors (Lipinski definition) is 3. The molecule has 1 heterocycles. The van der Waals surface area contributed by atoms with Crippen LogP contribution >= 0.6 is 0 Å². The number of aromatic nitrogens is 1. The molecule has 4 heteroatoms. The van der Waals surface area contributed by atoms with E-state index in [4.69, 9.17) is 5.73 Å². The molecule has 1 aromatic rings. The molecule has 3 N–H and O–H groups in total. The standard InChI is InChI=1S/C14H21N3O/c1-14(2)7-4-3-5-12(14)17-10-6-8-16-11(9-10)13(15)18/h6,8-9,12H,3-5,7H2,1-2H3,(H2,15,18)(H,16,17). The molecule has 0 bridgehead atoms. The largest absolute Gasteiger partial charge is 0.382 e. The van der Waals surface area contributed by atoms with E-state index in [0.717, 1.165) is 5.69 Å². The number of carbonyl (C=O) groups is 1. The minimum Gasteiger partial charge on any atom is -0.382 e. The molecule has 2 rings (SSSR count). The van der Waals surface area contributed by atoms with Gasteiger partial charge in [-0.1, -0.05) is 26.7 Å². The van der Waals surface area contributed by atoms with E-state index in [0.29, 0.717) is 11.7 Å². The van der Waals surface area contributed by atoms with Gasteiger partial charge in [-0.05, 0) is 30.4 Å². The Morgan fingerprint density at radius 3 is 2.94 bits per heavy atom. The highest BCUT2D eigenvalue weighted by Gasteiger charge is 2.31. The van der Waals surface area contributed by atoms with Crippen molar-refractivity contribution in [1.29, 1.82) is 0 Å². The predicted octanol–water partition coefficient (Wildman–Crippen LogP) is 2.56. The molecule has 98 valence electrons. The summed E-state index contributed by atoms with van der Waals surface area (Å²) in [6.07, 6.45) is 6.58. The zero-order valence-corrected chi connectivity index (χ0v) is 11.1. The van der Waals surface area contributed by atoms with E-state index in [9.17, 15) is 4.79 Å². The number of rotatable bonds is 3. The Morgan fingerprint density at radius 1 is 1.50 bits per heavy atom. The summed E-state index contributed by atoms with van der Waals surface area (Å²) >= 11 is 0. The third kappa shape index (κ3) is 2.81. The zero-order valence-electron chi connectivity index (χ0n) is 11.1. The molecule has 1 fully saturated rings. The van der Waals surface area contributed by atoms with Crippen molar-refractivity contribution in [3.63, 3.8) is 0 Å². The van der Waals surface area contributed by atoms with Crippen LogP contribution in [-0.2, 0) is 0 Å². The van der Waals surface area contributed by atoms with Crippen molar-refractivity contribution in [3.05, 3.63) is 24.0 Å². The van der Waals surface area contributed by atoms with Gasteiger partial charge in [0.2, 0.25) is 0 Å². The van der Waals surface area contributed by atoms with Crippen molar-refractivity contribution in [2.24, 2.45) is 11.1 Å². The van der Waals surface area contributed by atoms with E-state index in [-0.39, 0.29) is 5.41 Å². The molecule has 1 aliphatic carbocycles. The summed E-state index contributed by atoms with van der Waals surface area (Å²) in [6, 6.07) is 4.05. The molecule has 0 aromatic carbocycles. The number of anilines is 1. The topological polar surface area (TPSA) is 68.0 Å². The smallest absolute Gasteiger partial charge is 0.267 e. The fourth-order valence-electron chi connectivity index (χ4n) is 2.62. The number of pyridine rings is 1. The van der Waals surface area contributed by atoms with E-state index in [2.05, 4.69) is 24.1 Å². The van der Waals surface area contributed by atoms with Crippen molar-refractivity contribution in [2.45, 2.75) is 45.6 Å². The lowest BCUT2D eigenvalue weighted by Gasteiger charge is -2.39. The van der Waals surface area contributed by atoms with Crippen LogP contribution in [0, 0.1) is 5.41 Å². The summed E-state index contributed by atoms with van der Waals surface area (Å²) in [6.45, 7) is 4.58. The van der Waals surface area contributed by atoms with E-state index in [1.54, 1.807) is 12.3 Å². The van der Waals surface area contributed by atoms with Crippen LogP contribution in [0.25, 0.3) is 0 Å². The van der Waals surface area contributed by atoms with Crippen molar-refractivity contribution >= 4 is 11.6 Å². The monoisotopic (exact) mass is 247 g/mol. The third-order valence-electron chi connectivity index (χ3n) is 3.86. The van der Waals surface area contributed by atoms with Gasteiger partial charge in [-0.2, -0.15) is 0 Å². The summed E-state index contributed by atoms with van der Waals surface area (Å²) in [5.74, 6) is -0.485. The highest BCUT2D eigenvalue weighted by Crippen LogP contribution is 2.37. The average molecular weight is 247 g/mol. The molecule has 4 nitrogen and oxygen atoms in total. The Bertz CT molecular complexity index is 442. The van der Waals surface area contributed by atoms with Crippen LogP contribution in [0.1, 0.15) is 50.0 Å². The van der Waals surface area contributed by atoms with Crippen molar-refractivity contribution in [1.82, 2.24) is 4.98 Å². The third-order valence-corrected chi connectivity index (χ3v) is 3.86. The van der Waals surface area contributed by atoms with Crippen LogP contribution in [-0.4, -0.2) is 16.9 Å². The Hall–Kier alpha value is -1.58. The molecule has 0 saturated heterocycles. The van der Waals surface area contributed by atoms with Gasteiger partial charge in [0.15, 0.2) is 0 Å². The molecular weight excluding hydrogens is 226 g/mol. The maximum Gasteiger partial charge on any atom is 0.267 e. The SMILES string of the molecule is CC1(C)CCCCC1Nc1ccnc(C(N)=O)c1. The number of primary amides is 1. The van der Waals surface area contributed by atoms with Crippen molar-refractivity contribution in [2.75, 3.05) is 5.32 Å². The summed E-state index contributed by atoms with van der Waals surface area (Å²) in [5, 5.41) is 3.52. The molecule has 0 aliphatic heterocycles. The second kappa shape index (κ2) is 4.96. The van der Waals surface area contributed by atoms with Gasteiger partial charge in [0, 0.05) is 17.9 Å². The summed E-state index contributed by atoms with van der Waals surface area (Å²) in [5.41, 5.74) is 6.77. The fourth-order valence-corrected chi connectivity index (χ4v) is 2.62. The first-order chi connectivity index (χ1) is 8.49.